The van der Waals surface area contributed by atoms with Gasteiger partial charge in [-0.1, -0.05) is 116 Å². The van der Waals surface area contributed by atoms with Crippen molar-refractivity contribution >= 4 is 31.9 Å². The molecule has 0 saturated carbocycles. The zero-order chi connectivity index (χ0) is 27.6. The standard InChI is InChI=1S/C36H26Br2N2/c1-23-16-24(2)18-29(17-23)36-32(27-12-14-34(39-21-27)25-6-3-8-30(37)19-25)10-5-11-33(36)28-13-15-35(40-22-28)26-7-4-9-31(38)20-26/h3-22H,1-2H3. The fourth-order valence-electron chi connectivity index (χ4n) is 5.21. The van der Waals surface area contributed by atoms with E-state index in [1.165, 1.54) is 22.3 Å². The predicted molar refractivity (Wildman–Crippen MR) is 174 cm³/mol. The summed E-state index contributed by atoms with van der Waals surface area (Å²) in [6.45, 7) is 4.31. The first-order valence-corrected chi connectivity index (χ1v) is 14.7. The summed E-state index contributed by atoms with van der Waals surface area (Å²) in [5.41, 5.74) is 13.4. The smallest absolute Gasteiger partial charge is 0.0702 e. The van der Waals surface area contributed by atoms with Gasteiger partial charge in [-0.15, -0.1) is 0 Å². The number of rotatable bonds is 5. The first-order chi connectivity index (χ1) is 19.4. The molecular weight excluding hydrogens is 620 g/mol. The van der Waals surface area contributed by atoms with Crippen LogP contribution in [0.1, 0.15) is 11.1 Å². The Morgan fingerprint density at radius 3 is 1.35 bits per heavy atom. The lowest BCUT2D eigenvalue weighted by Crippen LogP contribution is -1.94. The zero-order valence-electron chi connectivity index (χ0n) is 22.2. The second-order valence-electron chi connectivity index (χ2n) is 9.99. The van der Waals surface area contributed by atoms with E-state index in [-0.39, 0.29) is 0 Å². The summed E-state index contributed by atoms with van der Waals surface area (Å²) in [6, 6.07) is 38.3. The van der Waals surface area contributed by atoms with Gasteiger partial charge in [0.25, 0.3) is 0 Å². The van der Waals surface area contributed by atoms with Crippen molar-refractivity contribution in [2.75, 3.05) is 0 Å². The van der Waals surface area contributed by atoms with Gasteiger partial charge in [0.1, 0.15) is 0 Å². The Bertz CT molecular complexity index is 1700. The van der Waals surface area contributed by atoms with Crippen LogP contribution < -0.4 is 0 Å². The summed E-state index contributed by atoms with van der Waals surface area (Å²) >= 11 is 7.15. The molecule has 0 spiro atoms. The molecule has 4 heteroatoms. The molecular formula is C36H26Br2N2. The van der Waals surface area contributed by atoms with Gasteiger partial charge in [0.05, 0.1) is 11.4 Å². The minimum absolute atomic E-state index is 0.946. The molecule has 0 atom stereocenters. The van der Waals surface area contributed by atoms with Gasteiger partial charge in [0.15, 0.2) is 0 Å². The molecule has 6 rings (SSSR count). The number of hydrogen-bond donors (Lipinski definition) is 0. The van der Waals surface area contributed by atoms with Gasteiger partial charge in [0.2, 0.25) is 0 Å². The maximum Gasteiger partial charge on any atom is 0.0702 e. The SMILES string of the molecule is Cc1cc(C)cc(-c2c(-c3ccc(-c4cccc(Br)c4)nc3)cccc2-c2ccc(-c3cccc(Br)c3)nc2)c1. The molecule has 0 unspecified atom stereocenters. The highest BCUT2D eigenvalue weighted by atomic mass is 79.9. The predicted octanol–water partition coefficient (Wildman–Crippen LogP) is 11.0. The third-order valence-corrected chi connectivity index (χ3v) is 7.95. The van der Waals surface area contributed by atoms with E-state index in [2.05, 4.69) is 131 Å². The van der Waals surface area contributed by atoms with Crippen LogP contribution in [0, 0.1) is 13.8 Å². The molecule has 0 amide bonds. The summed E-state index contributed by atoms with van der Waals surface area (Å²) in [5, 5.41) is 0. The Balaban J connectivity index is 1.48. The molecule has 2 heterocycles. The maximum atomic E-state index is 4.85. The van der Waals surface area contributed by atoms with Crippen LogP contribution in [0.3, 0.4) is 0 Å². The fraction of sp³-hybridized carbons (Fsp3) is 0.0556. The van der Waals surface area contributed by atoms with Gasteiger partial charge in [-0.3, -0.25) is 9.97 Å². The minimum Gasteiger partial charge on any atom is -0.256 e. The molecule has 2 nitrogen and oxygen atoms in total. The average Bonchev–Trinajstić information content (AvgIpc) is 2.96. The van der Waals surface area contributed by atoms with Crippen LogP contribution in [0.4, 0.5) is 0 Å². The number of aromatic nitrogens is 2. The first kappa shape index (κ1) is 26.4. The normalized spacial score (nSPS) is 11.0. The number of pyridine rings is 2. The fourth-order valence-corrected chi connectivity index (χ4v) is 6.01. The molecule has 0 radical (unpaired) electrons. The lowest BCUT2D eigenvalue weighted by Gasteiger charge is -2.17. The van der Waals surface area contributed by atoms with Crippen molar-refractivity contribution in [2.24, 2.45) is 0 Å². The molecule has 0 aliphatic rings. The Hall–Kier alpha value is -3.86. The van der Waals surface area contributed by atoms with E-state index in [1.54, 1.807) is 0 Å². The van der Waals surface area contributed by atoms with Crippen LogP contribution in [0.5, 0.6) is 0 Å². The lowest BCUT2D eigenvalue weighted by molar-refractivity contribution is 1.32. The number of benzene rings is 4. The van der Waals surface area contributed by atoms with E-state index < -0.39 is 0 Å². The summed E-state index contributed by atoms with van der Waals surface area (Å²) in [7, 11) is 0. The van der Waals surface area contributed by atoms with Crippen molar-refractivity contribution in [1.29, 1.82) is 0 Å². The molecule has 194 valence electrons. The van der Waals surface area contributed by atoms with Gasteiger partial charge in [-0.2, -0.15) is 0 Å². The van der Waals surface area contributed by atoms with E-state index in [4.69, 9.17) is 9.97 Å². The van der Waals surface area contributed by atoms with E-state index in [1.807, 2.05) is 36.7 Å². The quantitative estimate of drug-likeness (QED) is 0.186. The Morgan fingerprint density at radius 2 is 0.925 bits per heavy atom. The Morgan fingerprint density at radius 1 is 0.450 bits per heavy atom. The van der Waals surface area contributed by atoms with Gasteiger partial charge in [-0.25, -0.2) is 0 Å². The Labute approximate surface area is 252 Å². The van der Waals surface area contributed by atoms with E-state index in [0.717, 1.165) is 53.7 Å². The molecule has 0 aliphatic heterocycles. The monoisotopic (exact) mass is 644 g/mol. The summed E-state index contributed by atoms with van der Waals surface area (Å²) in [4.78, 5) is 9.71. The van der Waals surface area contributed by atoms with Gasteiger partial charge in [0, 0.05) is 43.6 Å². The van der Waals surface area contributed by atoms with Crippen LogP contribution in [-0.4, -0.2) is 9.97 Å². The topological polar surface area (TPSA) is 25.8 Å². The van der Waals surface area contributed by atoms with E-state index >= 15 is 0 Å². The molecule has 0 fully saturated rings. The van der Waals surface area contributed by atoms with Crippen molar-refractivity contribution in [3.8, 4) is 55.9 Å². The average molecular weight is 646 g/mol. The second-order valence-corrected chi connectivity index (χ2v) is 11.8. The summed E-state index contributed by atoms with van der Waals surface area (Å²) in [5.74, 6) is 0. The minimum atomic E-state index is 0.946. The van der Waals surface area contributed by atoms with Crippen molar-refractivity contribution in [3.63, 3.8) is 0 Å². The largest absolute Gasteiger partial charge is 0.256 e. The highest BCUT2D eigenvalue weighted by Gasteiger charge is 2.16. The molecule has 0 saturated heterocycles. The number of halogens is 2. The summed E-state index contributed by atoms with van der Waals surface area (Å²) in [6.07, 6.45) is 3.96. The lowest BCUT2D eigenvalue weighted by atomic mass is 9.87. The van der Waals surface area contributed by atoms with E-state index in [9.17, 15) is 0 Å². The van der Waals surface area contributed by atoms with Gasteiger partial charge in [-0.05, 0) is 72.5 Å². The molecule has 4 aromatic carbocycles. The number of hydrogen-bond acceptors (Lipinski definition) is 2. The third kappa shape index (κ3) is 5.56. The molecule has 0 bridgehead atoms. The van der Waals surface area contributed by atoms with Gasteiger partial charge < -0.3 is 0 Å². The molecule has 0 N–H and O–H groups in total. The maximum absolute atomic E-state index is 4.85. The first-order valence-electron chi connectivity index (χ1n) is 13.1. The van der Waals surface area contributed by atoms with Gasteiger partial charge >= 0.3 is 0 Å². The van der Waals surface area contributed by atoms with Crippen LogP contribution in [0.15, 0.2) is 131 Å². The van der Waals surface area contributed by atoms with Crippen LogP contribution in [0.2, 0.25) is 0 Å². The van der Waals surface area contributed by atoms with Crippen molar-refractivity contribution in [1.82, 2.24) is 9.97 Å². The number of nitrogens with zero attached hydrogens (tertiary/aromatic N) is 2. The number of aryl methyl sites for hydroxylation is 2. The third-order valence-electron chi connectivity index (χ3n) is 6.96. The Kier molecular flexibility index (Phi) is 7.46. The van der Waals surface area contributed by atoms with Crippen molar-refractivity contribution < 1.29 is 0 Å². The molecule has 0 aliphatic carbocycles. The van der Waals surface area contributed by atoms with Crippen molar-refractivity contribution in [2.45, 2.75) is 13.8 Å². The zero-order valence-corrected chi connectivity index (χ0v) is 25.4. The summed E-state index contributed by atoms with van der Waals surface area (Å²) < 4.78 is 2.08. The van der Waals surface area contributed by atoms with Crippen LogP contribution in [0.25, 0.3) is 55.9 Å². The molecule has 40 heavy (non-hydrogen) atoms. The highest BCUT2D eigenvalue weighted by molar-refractivity contribution is 9.10. The second kappa shape index (κ2) is 11.3. The molecule has 2 aromatic heterocycles. The van der Waals surface area contributed by atoms with Crippen molar-refractivity contribution in [3.05, 3.63) is 142 Å². The van der Waals surface area contributed by atoms with E-state index in [0.29, 0.717) is 0 Å². The van der Waals surface area contributed by atoms with Crippen LogP contribution in [-0.2, 0) is 0 Å². The molecule has 6 aromatic rings. The van der Waals surface area contributed by atoms with Crippen LogP contribution >= 0.6 is 31.9 Å². The highest BCUT2D eigenvalue weighted by Crippen LogP contribution is 2.41.